The van der Waals surface area contributed by atoms with Crippen molar-refractivity contribution in [3.05, 3.63) is 33.8 Å². The number of amides is 1. The first kappa shape index (κ1) is 12.2. The Balaban J connectivity index is 2.57. The Morgan fingerprint density at radius 2 is 2.20 bits per heavy atom. The number of hydrogen-bond donors (Lipinski definition) is 2. The maximum absolute atomic E-state index is 11.2. The molecule has 0 saturated carbocycles. The predicted octanol–water partition coefficient (Wildman–Crippen LogP) is 1.94. The molecule has 82 valence electrons. The summed E-state index contributed by atoms with van der Waals surface area (Å²) in [5.41, 5.74) is 7.59. The predicted molar refractivity (Wildman–Crippen MR) is 64.4 cm³/mol. The molecule has 0 aromatic heterocycles. The zero-order valence-electron chi connectivity index (χ0n) is 8.93. The zero-order chi connectivity index (χ0) is 11.3. The number of hydrazine groups is 1. The van der Waals surface area contributed by atoms with Crippen LogP contribution in [-0.4, -0.2) is 13.0 Å². The average Bonchev–Trinajstić information content (AvgIpc) is 2.20. The van der Waals surface area contributed by atoms with Crippen LogP contribution in [-0.2, 0) is 11.2 Å². The molecule has 15 heavy (non-hydrogen) atoms. The second-order valence-corrected chi connectivity index (χ2v) is 4.28. The van der Waals surface area contributed by atoms with Crippen LogP contribution < -0.4 is 10.9 Å². The molecule has 0 saturated heterocycles. The van der Waals surface area contributed by atoms with Gasteiger partial charge in [-0.05, 0) is 36.6 Å². The van der Waals surface area contributed by atoms with Crippen molar-refractivity contribution in [1.82, 2.24) is 10.9 Å². The maximum atomic E-state index is 11.2. The number of carbonyl (C=O) groups is 1. The van der Waals surface area contributed by atoms with E-state index in [-0.39, 0.29) is 5.91 Å². The van der Waals surface area contributed by atoms with Gasteiger partial charge >= 0.3 is 0 Å². The lowest BCUT2D eigenvalue weighted by atomic mass is 10.0. The molecule has 0 bridgehead atoms. The minimum atomic E-state index is 0.0110. The summed E-state index contributed by atoms with van der Waals surface area (Å²) in [4.78, 5) is 11.2. The van der Waals surface area contributed by atoms with Gasteiger partial charge in [0.15, 0.2) is 0 Å². The number of hydrogen-bond acceptors (Lipinski definition) is 2. The molecule has 0 aliphatic carbocycles. The van der Waals surface area contributed by atoms with Crippen molar-refractivity contribution in [3.8, 4) is 0 Å². The molecule has 0 spiro atoms. The lowest BCUT2D eigenvalue weighted by Crippen LogP contribution is -2.34. The van der Waals surface area contributed by atoms with Gasteiger partial charge in [-0.2, -0.15) is 0 Å². The maximum Gasteiger partial charge on any atom is 0.234 e. The SMILES string of the molecule is CNNC(=O)CCc1cc(Br)ccc1C. The summed E-state index contributed by atoms with van der Waals surface area (Å²) in [5, 5.41) is 0. The first-order valence-electron chi connectivity index (χ1n) is 4.84. The summed E-state index contributed by atoms with van der Waals surface area (Å²) < 4.78 is 1.05. The monoisotopic (exact) mass is 270 g/mol. The third-order valence-corrected chi connectivity index (χ3v) is 2.69. The highest BCUT2D eigenvalue weighted by Crippen LogP contribution is 2.17. The van der Waals surface area contributed by atoms with Gasteiger partial charge < -0.3 is 0 Å². The van der Waals surface area contributed by atoms with Gasteiger partial charge in [-0.1, -0.05) is 22.0 Å². The van der Waals surface area contributed by atoms with Gasteiger partial charge in [0.1, 0.15) is 0 Å². The third kappa shape index (κ3) is 4.01. The summed E-state index contributed by atoms with van der Waals surface area (Å²) in [6.45, 7) is 2.05. The minimum absolute atomic E-state index is 0.0110. The highest BCUT2D eigenvalue weighted by atomic mass is 79.9. The molecule has 0 radical (unpaired) electrons. The normalized spacial score (nSPS) is 10.1. The number of carbonyl (C=O) groups excluding carboxylic acids is 1. The summed E-state index contributed by atoms with van der Waals surface area (Å²) in [7, 11) is 1.68. The molecule has 3 nitrogen and oxygen atoms in total. The van der Waals surface area contributed by atoms with E-state index in [1.165, 1.54) is 11.1 Å². The Hall–Kier alpha value is -0.870. The summed E-state index contributed by atoms with van der Waals surface area (Å²) in [6, 6.07) is 6.11. The standard InChI is InChI=1S/C11H15BrN2O/c1-8-3-5-10(12)7-9(8)4-6-11(15)14-13-2/h3,5,7,13H,4,6H2,1-2H3,(H,14,15). The highest BCUT2D eigenvalue weighted by molar-refractivity contribution is 9.10. The Labute approximate surface area is 98.4 Å². The van der Waals surface area contributed by atoms with Crippen LogP contribution in [0.1, 0.15) is 17.5 Å². The van der Waals surface area contributed by atoms with Crippen LogP contribution in [0.5, 0.6) is 0 Å². The average molecular weight is 271 g/mol. The van der Waals surface area contributed by atoms with Crippen LogP contribution >= 0.6 is 15.9 Å². The summed E-state index contributed by atoms with van der Waals surface area (Å²) >= 11 is 3.42. The largest absolute Gasteiger partial charge is 0.292 e. The van der Waals surface area contributed by atoms with Gasteiger partial charge in [0, 0.05) is 17.9 Å². The highest BCUT2D eigenvalue weighted by Gasteiger charge is 2.03. The van der Waals surface area contributed by atoms with E-state index in [1.54, 1.807) is 7.05 Å². The minimum Gasteiger partial charge on any atom is -0.292 e. The molecule has 4 heteroatoms. The van der Waals surface area contributed by atoms with Gasteiger partial charge in [0.05, 0.1) is 0 Å². The molecule has 1 rings (SSSR count). The van der Waals surface area contributed by atoms with Gasteiger partial charge in [0.2, 0.25) is 5.91 Å². The van der Waals surface area contributed by atoms with Crippen LogP contribution in [0.4, 0.5) is 0 Å². The molecule has 1 aromatic rings. The fourth-order valence-electron chi connectivity index (χ4n) is 1.36. The molecule has 0 aliphatic rings. The van der Waals surface area contributed by atoms with Crippen LogP contribution in [0.3, 0.4) is 0 Å². The van der Waals surface area contributed by atoms with Crippen molar-refractivity contribution in [3.63, 3.8) is 0 Å². The molecule has 1 amide bonds. The van der Waals surface area contributed by atoms with E-state index in [9.17, 15) is 4.79 Å². The van der Waals surface area contributed by atoms with Crippen LogP contribution in [0.15, 0.2) is 22.7 Å². The summed E-state index contributed by atoms with van der Waals surface area (Å²) in [5.74, 6) is 0.0110. The van der Waals surface area contributed by atoms with Crippen molar-refractivity contribution in [2.45, 2.75) is 19.8 Å². The van der Waals surface area contributed by atoms with Crippen molar-refractivity contribution < 1.29 is 4.79 Å². The van der Waals surface area contributed by atoms with Gasteiger partial charge in [-0.3, -0.25) is 10.2 Å². The lowest BCUT2D eigenvalue weighted by molar-refractivity contribution is -0.121. The first-order chi connectivity index (χ1) is 7.13. The second kappa shape index (κ2) is 5.88. The van der Waals surface area contributed by atoms with Gasteiger partial charge in [-0.25, -0.2) is 5.43 Å². The molecule has 0 heterocycles. The molecule has 2 N–H and O–H groups in total. The van der Waals surface area contributed by atoms with Crippen LogP contribution in [0, 0.1) is 6.92 Å². The van der Waals surface area contributed by atoms with Crippen LogP contribution in [0.25, 0.3) is 0 Å². The number of rotatable bonds is 4. The Kier molecular flexibility index (Phi) is 4.78. The first-order valence-corrected chi connectivity index (χ1v) is 5.63. The van der Waals surface area contributed by atoms with E-state index in [2.05, 4.69) is 45.8 Å². The smallest absolute Gasteiger partial charge is 0.234 e. The molecule has 0 aliphatic heterocycles. The van der Waals surface area contributed by atoms with E-state index < -0.39 is 0 Å². The van der Waals surface area contributed by atoms with E-state index in [0.29, 0.717) is 6.42 Å². The fourth-order valence-corrected chi connectivity index (χ4v) is 1.77. The van der Waals surface area contributed by atoms with E-state index >= 15 is 0 Å². The Bertz CT molecular complexity index is 352. The fraction of sp³-hybridized carbons (Fsp3) is 0.364. The second-order valence-electron chi connectivity index (χ2n) is 3.37. The number of benzene rings is 1. The number of halogens is 1. The van der Waals surface area contributed by atoms with Gasteiger partial charge in [0.25, 0.3) is 0 Å². The quantitative estimate of drug-likeness (QED) is 0.822. The lowest BCUT2D eigenvalue weighted by Gasteiger charge is -2.06. The summed E-state index contributed by atoms with van der Waals surface area (Å²) in [6.07, 6.45) is 1.26. The zero-order valence-corrected chi connectivity index (χ0v) is 10.5. The molecule has 0 atom stereocenters. The Morgan fingerprint density at radius 1 is 1.47 bits per heavy atom. The molecule has 0 unspecified atom stereocenters. The van der Waals surface area contributed by atoms with E-state index in [1.807, 2.05) is 6.07 Å². The topological polar surface area (TPSA) is 41.1 Å². The van der Waals surface area contributed by atoms with Gasteiger partial charge in [-0.15, -0.1) is 0 Å². The molecule has 0 fully saturated rings. The number of aryl methyl sites for hydroxylation is 2. The third-order valence-electron chi connectivity index (χ3n) is 2.20. The van der Waals surface area contributed by atoms with E-state index in [0.717, 1.165) is 10.9 Å². The number of nitrogens with one attached hydrogen (secondary N) is 2. The van der Waals surface area contributed by atoms with Crippen LogP contribution in [0.2, 0.25) is 0 Å². The van der Waals surface area contributed by atoms with Crippen molar-refractivity contribution in [2.24, 2.45) is 0 Å². The van der Waals surface area contributed by atoms with Crippen molar-refractivity contribution in [2.75, 3.05) is 7.05 Å². The van der Waals surface area contributed by atoms with E-state index in [4.69, 9.17) is 0 Å². The Morgan fingerprint density at radius 3 is 2.87 bits per heavy atom. The molecule has 1 aromatic carbocycles. The van der Waals surface area contributed by atoms with Crippen molar-refractivity contribution in [1.29, 1.82) is 0 Å². The van der Waals surface area contributed by atoms with Crippen molar-refractivity contribution >= 4 is 21.8 Å². The molecular weight excluding hydrogens is 256 g/mol. The molecular formula is C11H15BrN2O.